The third kappa shape index (κ3) is 3.89. The molecule has 10 nitrogen and oxygen atoms in total. The van der Waals surface area contributed by atoms with Gasteiger partial charge in [-0.25, -0.2) is 18.4 Å². The lowest BCUT2D eigenvalue weighted by molar-refractivity contribution is 0.102. The molecule has 1 aromatic carbocycles. The first-order valence-electron chi connectivity index (χ1n) is 9.72. The molecule has 4 N–H and O–H groups in total. The quantitative estimate of drug-likeness (QED) is 0.338. The second-order valence-corrected chi connectivity index (χ2v) is 10.5. The van der Waals surface area contributed by atoms with Gasteiger partial charge in [0.25, 0.3) is 5.91 Å². The molecule has 5 rings (SSSR count). The first-order chi connectivity index (χ1) is 15.3. The topological polar surface area (TPSA) is 150 Å². The van der Waals surface area contributed by atoms with Crippen LogP contribution in [0.1, 0.15) is 28.3 Å². The molecule has 1 amide bonds. The molecule has 164 valence electrons. The van der Waals surface area contributed by atoms with Gasteiger partial charge in [0.15, 0.2) is 0 Å². The number of rotatable bonds is 6. The van der Waals surface area contributed by atoms with Crippen molar-refractivity contribution >= 4 is 49.5 Å². The summed E-state index contributed by atoms with van der Waals surface area (Å²) >= 11 is 1.38. The standard InChI is InChI=1S/C20H18N6O4S2/c1-10-23-18(9-31-10)20(28)24-15-4-11(5-16-14(15)8-22-25-16)12-6-17(19(27)21-7-12)26-32(29,30)13-2-3-13/h4-9,13,26H,2-3H2,1H3,(H,21,27)(H,22,25)(H,24,28). The number of thiazole rings is 1. The number of nitrogens with zero attached hydrogens (tertiary/aromatic N) is 3. The molecule has 1 fully saturated rings. The molecule has 3 aromatic heterocycles. The Morgan fingerprint density at radius 2 is 1.97 bits per heavy atom. The van der Waals surface area contributed by atoms with Gasteiger partial charge >= 0.3 is 0 Å². The Bertz CT molecular complexity index is 1460. The van der Waals surface area contributed by atoms with Crippen molar-refractivity contribution in [1.29, 1.82) is 0 Å². The van der Waals surface area contributed by atoms with Crippen LogP contribution in [0.5, 0.6) is 5.88 Å². The molecule has 1 aliphatic rings. The molecule has 12 heteroatoms. The van der Waals surface area contributed by atoms with E-state index in [4.69, 9.17) is 0 Å². The lowest BCUT2D eigenvalue weighted by Crippen LogP contribution is -2.17. The zero-order valence-electron chi connectivity index (χ0n) is 16.8. The minimum atomic E-state index is -3.57. The Morgan fingerprint density at radius 3 is 2.69 bits per heavy atom. The van der Waals surface area contributed by atoms with E-state index in [2.05, 4.69) is 30.2 Å². The molecule has 0 spiro atoms. The number of pyridine rings is 1. The normalized spacial score (nSPS) is 13.9. The van der Waals surface area contributed by atoms with Crippen molar-refractivity contribution < 1.29 is 18.3 Å². The number of anilines is 2. The van der Waals surface area contributed by atoms with Crippen LogP contribution in [0.25, 0.3) is 22.0 Å². The average molecular weight is 471 g/mol. The predicted molar refractivity (Wildman–Crippen MR) is 121 cm³/mol. The van der Waals surface area contributed by atoms with E-state index in [1.54, 1.807) is 23.7 Å². The molecule has 1 aliphatic carbocycles. The van der Waals surface area contributed by atoms with Gasteiger partial charge in [-0.15, -0.1) is 11.3 Å². The van der Waals surface area contributed by atoms with Crippen LogP contribution in [-0.2, 0) is 10.0 Å². The Kier molecular flexibility index (Phi) is 4.82. The fraction of sp³-hybridized carbons (Fsp3) is 0.200. The summed E-state index contributed by atoms with van der Waals surface area (Å²) in [4.78, 5) is 20.8. The summed E-state index contributed by atoms with van der Waals surface area (Å²) in [6.45, 7) is 1.82. The van der Waals surface area contributed by atoms with Crippen molar-refractivity contribution in [2.75, 3.05) is 10.0 Å². The Labute approximate surface area is 186 Å². The number of hydrogen-bond donors (Lipinski definition) is 4. The van der Waals surface area contributed by atoms with Gasteiger partial charge in [-0.1, -0.05) is 0 Å². The number of sulfonamides is 1. The van der Waals surface area contributed by atoms with Gasteiger partial charge in [-0.3, -0.25) is 14.6 Å². The maximum absolute atomic E-state index is 12.6. The van der Waals surface area contributed by atoms with Crippen LogP contribution in [0.3, 0.4) is 0 Å². The van der Waals surface area contributed by atoms with E-state index in [-0.39, 0.29) is 11.6 Å². The number of aromatic hydroxyl groups is 1. The molecule has 32 heavy (non-hydrogen) atoms. The number of aryl methyl sites for hydroxylation is 1. The van der Waals surface area contributed by atoms with Gasteiger partial charge in [-0.2, -0.15) is 5.10 Å². The SMILES string of the molecule is Cc1nc(C(=O)Nc2cc(-c3cnc(O)c(NS(=O)(=O)C4CC4)c3)cc3[nH]ncc23)cs1. The van der Waals surface area contributed by atoms with Crippen molar-refractivity contribution in [2.24, 2.45) is 0 Å². The number of nitrogens with one attached hydrogen (secondary N) is 3. The van der Waals surface area contributed by atoms with Crippen LogP contribution in [0.15, 0.2) is 36.0 Å². The van der Waals surface area contributed by atoms with E-state index in [0.717, 1.165) is 5.01 Å². The highest BCUT2D eigenvalue weighted by Gasteiger charge is 2.36. The molecule has 0 radical (unpaired) electrons. The number of carbonyl (C=O) groups is 1. The van der Waals surface area contributed by atoms with Crippen molar-refractivity contribution in [2.45, 2.75) is 25.0 Å². The third-order valence-corrected chi connectivity index (χ3v) is 7.70. The van der Waals surface area contributed by atoms with E-state index in [9.17, 15) is 18.3 Å². The average Bonchev–Trinajstić information content (AvgIpc) is 3.37. The van der Waals surface area contributed by atoms with Gasteiger partial charge < -0.3 is 10.4 Å². The van der Waals surface area contributed by atoms with E-state index in [1.807, 2.05) is 6.92 Å². The molecular weight excluding hydrogens is 452 g/mol. The molecule has 0 bridgehead atoms. The maximum Gasteiger partial charge on any atom is 0.275 e. The summed E-state index contributed by atoms with van der Waals surface area (Å²) in [6.07, 6.45) is 4.23. The number of fused-ring (bicyclic) bond motifs is 1. The van der Waals surface area contributed by atoms with Crippen molar-refractivity contribution in [1.82, 2.24) is 20.2 Å². The first kappa shape index (κ1) is 20.4. The summed E-state index contributed by atoms with van der Waals surface area (Å²) < 4.78 is 27.0. The number of aromatic amines is 1. The predicted octanol–water partition coefficient (Wildman–Crippen LogP) is 3.25. The summed E-state index contributed by atoms with van der Waals surface area (Å²) in [6, 6.07) is 5.05. The van der Waals surface area contributed by atoms with Crippen LogP contribution < -0.4 is 10.0 Å². The summed E-state index contributed by atoms with van der Waals surface area (Å²) in [5.74, 6) is -0.760. The molecule has 4 aromatic rings. The number of carbonyl (C=O) groups excluding carboxylic acids is 1. The van der Waals surface area contributed by atoms with Crippen molar-refractivity contribution in [3.63, 3.8) is 0 Å². The molecule has 0 unspecified atom stereocenters. The maximum atomic E-state index is 12.6. The fourth-order valence-electron chi connectivity index (χ4n) is 3.28. The Morgan fingerprint density at radius 1 is 1.19 bits per heavy atom. The van der Waals surface area contributed by atoms with Crippen molar-refractivity contribution in [3.8, 4) is 17.0 Å². The highest BCUT2D eigenvalue weighted by Crippen LogP contribution is 2.35. The highest BCUT2D eigenvalue weighted by atomic mass is 32.2. The molecule has 3 heterocycles. The van der Waals surface area contributed by atoms with Gasteiger partial charge in [0.1, 0.15) is 11.4 Å². The van der Waals surface area contributed by atoms with Gasteiger partial charge in [-0.05, 0) is 43.5 Å². The molecule has 1 saturated carbocycles. The summed E-state index contributed by atoms with van der Waals surface area (Å²) in [5, 5.41) is 22.6. The Balaban J connectivity index is 1.52. The monoisotopic (exact) mass is 470 g/mol. The fourth-order valence-corrected chi connectivity index (χ4v) is 5.25. The van der Waals surface area contributed by atoms with E-state index >= 15 is 0 Å². The number of H-pyrrole nitrogens is 1. The summed E-state index contributed by atoms with van der Waals surface area (Å²) in [5.41, 5.74) is 2.69. The Hall–Kier alpha value is -3.51. The smallest absolute Gasteiger partial charge is 0.275 e. The van der Waals surface area contributed by atoms with Gasteiger partial charge in [0.2, 0.25) is 15.9 Å². The van der Waals surface area contributed by atoms with Crippen molar-refractivity contribution in [3.05, 3.63) is 46.7 Å². The number of benzene rings is 1. The zero-order valence-corrected chi connectivity index (χ0v) is 18.4. The van der Waals surface area contributed by atoms with Gasteiger partial charge in [0.05, 0.1) is 27.7 Å². The molecule has 0 atom stereocenters. The lowest BCUT2D eigenvalue weighted by Gasteiger charge is -2.12. The van der Waals surface area contributed by atoms with Crippen LogP contribution in [-0.4, -0.2) is 44.8 Å². The first-order valence-corrected chi connectivity index (χ1v) is 12.1. The van der Waals surface area contributed by atoms with Crippen LogP contribution in [0.2, 0.25) is 0 Å². The number of hydrogen-bond acceptors (Lipinski definition) is 8. The molecular formula is C20H18N6O4S2. The lowest BCUT2D eigenvalue weighted by atomic mass is 10.0. The van der Waals surface area contributed by atoms with Crippen LogP contribution in [0, 0.1) is 6.92 Å². The minimum Gasteiger partial charge on any atom is -0.492 e. The molecule has 0 saturated heterocycles. The highest BCUT2D eigenvalue weighted by molar-refractivity contribution is 7.93. The summed E-state index contributed by atoms with van der Waals surface area (Å²) in [7, 11) is -3.57. The van der Waals surface area contributed by atoms with Crippen LogP contribution >= 0.6 is 11.3 Å². The molecule has 0 aliphatic heterocycles. The largest absolute Gasteiger partial charge is 0.492 e. The minimum absolute atomic E-state index is 0.00245. The zero-order chi connectivity index (χ0) is 22.5. The second-order valence-electron chi connectivity index (χ2n) is 7.50. The second kappa shape index (κ2) is 7.57. The van der Waals surface area contributed by atoms with E-state index in [0.29, 0.717) is 46.3 Å². The van der Waals surface area contributed by atoms with Crippen LogP contribution in [0.4, 0.5) is 11.4 Å². The third-order valence-electron chi connectivity index (χ3n) is 5.07. The van der Waals surface area contributed by atoms with E-state index < -0.39 is 21.2 Å². The number of aromatic nitrogens is 4. The van der Waals surface area contributed by atoms with E-state index in [1.165, 1.54) is 23.6 Å². The van der Waals surface area contributed by atoms with Gasteiger partial charge in [0, 0.05) is 22.5 Å². The number of amides is 1.